The molecule has 4 nitrogen and oxygen atoms in total. The molecule has 0 heterocycles. The lowest BCUT2D eigenvalue weighted by atomic mass is 10.0. The number of nitrogens with one attached hydrogen (secondary N) is 1. The Labute approximate surface area is 154 Å². The lowest BCUT2D eigenvalue weighted by molar-refractivity contribution is -0.140. The van der Waals surface area contributed by atoms with Gasteiger partial charge in [0.05, 0.1) is 0 Å². The molecule has 5 heteroatoms. The largest absolute Gasteiger partial charge is 0.354 e. The van der Waals surface area contributed by atoms with Crippen molar-refractivity contribution in [2.24, 2.45) is 5.92 Å². The van der Waals surface area contributed by atoms with Gasteiger partial charge in [0.1, 0.15) is 11.9 Å². The third-order valence-electron chi connectivity index (χ3n) is 4.03. The van der Waals surface area contributed by atoms with Gasteiger partial charge >= 0.3 is 0 Å². The van der Waals surface area contributed by atoms with E-state index in [-0.39, 0.29) is 24.2 Å². The van der Waals surface area contributed by atoms with Crippen LogP contribution in [0, 0.1) is 11.7 Å². The summed E-state index contributed by atoms with van der Waals surface area (Å²) in [5.74, 6) is -0.472. The molecule has 138 valence electrons. The van der Waals surface area contributed by atoms with Crippen molar-refractivity contribution in [2.45, 2.75) is 33.4 Å². The van der Waals surface area contributed by atoms with Gasteiger partial charge in [-0.1, -0.05) is 56.3 Å². The predicted octanol–water partition coefficient (Wildman–Crippen LogP) is 3.69. The van der Waals surface area contributed by atoms with E-state index < -0.39 is 6.04 Å². The van der Waals surface area contributed by atoms with Gasteiger partial charge in [0.25, 0.3) is 0 Å². The molecular weight excluding hydrogens is 331 g/mol. The number of carbonyl (C=O) groups excluding carboxylic acids is 2. The molecule has 1 atom stereocenters. The van der Waals surface area contributed by atoms with Crippen molar-refractivity contribution in [1.29, 1.82) is 0 Å². The molecule has 0 aliphatic rings. The molecule has 2 aromatic rings. The molecule has 0 saturated heterocycles. The number of halogens is 1. The van der Waals surface area contributed by atoms with E-state index in [0.29, 0.717) is 12.5 Å². The Morgan fingerprint density at radius 3 is 2.19 bits per heavy atom. The van der Waals surface area contributed by atoms with Crippen LogP contribution in [0.1, 0.15) is 37.9 Å². The van der Waals surface area contributed by atoms with Crippen molar-refractivity contribution in [1.82, 2.24) is 10.2 Å². The Morgan fingerprint density at radius 2 is 1.65 bits per heavy atom. The molecule has 0 aromatic heterocycles. The molecule has 2 amide bonds. The van der Waals surface area contributed by atoms with Gasteiger partial charge < -0.3 is 10.2 Å². The van der Waals surface area contributed by atoms with Gasteiger partial charge in [-0.2, -0.15) is 0 Å². The zero-order valence-corrected chi connectivity index (χ0v) is 15.4. The second-order valence-corrected chi connectivity index (χ2v) is 6.73. The molecule has 0 fully saturated rings. The summed E-state index contributed by atoms with van der Waals surface area (Å²) in [5, 5.41) is 2.92. The fourth-order valence-corrected chi connectivity index (χ4v) is 2.68. The van der Waals surface area contributed by atoms with E-state index in [1.807, 2.05) is 44.2 Å². The summed E-state index contributed by atoms with van der Waals surface area (Å²) in [6.07, 6.45) is 0. The normalized spacial score (nSPS) is 11.9. The molecule has 0 bridgehead atoms. The van der Waals surface area contributed by atoms with Crippen molar-refractivity contribution in [3.8, 4) is 0 Å². The molecule has 26 heavy (non-hydrogen) atoms. The van der Waals surface area contributed by atoms with Crippen LogP contribution in [0.2, 0.25) is 0 Å². The molecule has 0 spiro atoms. The van der Waals surface area contributed by atoms with Crippen LogP contribution >= 0.6 is 0 Å². The average Bonchev–Trinajstić information content (AvgIpc) is 2.62. The second kappa shape index (κ2) is 9.13. The Balaban J connectivity index is 2.33. The fraction of sp³-hybridized carbons (Fsp3) is 0.333. The highest BCUT2D eigenvalue weighted by Gasteiger charge is 2.29. The van der Waals surface area contributed by atoms with Gasteiger partial charge in [0, 0.05) is 20.0 Å². The first-order valence-electron chi connectivity index (χ1n) is 8.72. The zero-order chi connectivity index (χ0) is 19.1. The van der Waals surface area contributed by atoms with E-state index in [1.165, 1.54) is 24.0 Å². The Kier molecular flexibility index (Phi) is 6.89. The standard InChI is InChI=1S/C21H25FN2O2/c1-15(2)13-23-21(26)20(18-7-5-4-6-8-18)24(16(3)25)14-17-9-11-19(22)12-10-17/h4-12,15,20H,13-14H2,1-3H3,(H,23,26)/t20-/m0/s1. The number of amides is 2. The summed E-state index contributed by atoms with van der Waals surface area (Å²) in [5.41, 5.74) is 1.50. The number of hydrogen-bond acceptors (Lipinski definition) is 2. The van der Waals surface area contributed by atoms with Gasteiger partial charge in [-0.25, -0.2) is 4.39 Å². The lowest BCUT2D eigenvalue weighted by Gasteiger charge is -2.31. The van der Waals surface area contributed by atoms with Gasteiger partial charge in [-0.3, -0.25) is 9.59 Å². The zero-order valence-electron chi connectivity index (χ0n) is 15.4. The first-order valence-corrected chi connectivity index (χ1v) is 8.72. The number of carbonyl (C=O) groups is 2. The average molecular weight is 356 g/mol. The highest BCUT2D eigenvalue weighted by atomic mass is 19.1. The van der Waals surface area contributed by atoms with Gasteiger partial charge in [-0.15, -0.1) is 0 Å². The maximum Gasteiger partial charge on any atom is 0.247 e. The summed E-state index contributed by atoms with van der Waals surface area (Å²) in [7, 11) is 0. The smallest absolute Gasteiger partial charge is 0.247 e. The quantitative estimate of drug-likeness (QED) is 0.823. The lowest BCUT2D eigenvalue weighted by Crippen LogP contribution is -2.43. The SMILES string of the molecule is CC(=O)N(Cc1ccc(F)cc1)[C@H](C(=O)NCC(C)C)c1ccccc1. The molecule has 1 N–H and O–H groups in total. The first kappa shape index (κ1) is 19.6. The van der Waals surface area contributed by atoms with Crippen LogP contribution < -0.4 is 5.32 Å². The van der Waals surface area contributed by atoms with Crippen molar-refractivity contribution < 1.29 is 14.0 Å². The third kappa shape index (κ3) is 5.41. The van der Waals surface area contributed by atoms with Crippen LogP contribution in [0.3, 0.4) is 0 Å². The van der Waals surface area contributed by atoms with Crippen molar-refractivity contribution in [2.75, 3.05) is 6.54 Å². The third-order valence-corrected chi connectivity index (χ3v) is 4.03. The van der Waals surface area contributed by atoms with E-state index in [4.69, 9.17) is 0 Å². The molecule has 0 aliphatic carbocycles. The second-order valence-electron chi connectivity index (χ2n) is 6.73. The van der Waals surface area contributed by atoms with Crippen LogP contribution in [-0.2, 0) is 16.1 Å². The number of benzene rings is 2. The highest BCUT2D eigenvalue weighted by molar-refractivity contribution is 5.88. The van der Waals surface area contributed by atoms with Crippen LogP contribution in [-0.4, -0.2) is 23.3 Å². The van der Waals surface area contributed by atoms with Crippen molar-refractivity contribution in [3.05, 3.63) is 71.5 Å². The van der Waals surface area contributed by atoms with E-state index in [0.717, 1.165) is 11.1 Å². The van der Waals surface area contributed by atoms with Gasteiger partial charge in [0.15, 0.2) is 0 Å². The van der Waals surface area contributed by atoms with E-state index in [1.54, 1.807) is 12.1 Å². The molecule has 0 radical (unpaired) electrons. The highest BCUT2D eigenvalue weighted by Crippen LogP contribution is 2.24. The van der Waals surface area contributed by atoms with Crippen molar-refractivity contribution >= 4 is 11.8 Å². The van der Waals surface area contributed by atoms with Crippen LogP contribution in [0.5, 0.6) is 0 Å². The molecular formula is C21H25FN2O2. The molecule has 2 rings (SSSR count). The van der Waals surface area contributed by atoms with Crippen LogP contribution in [0.15, 0.2) is 54.6 Å². The monoisotopic (exact) mass is 356 g/mol. The number of rotatable bonds is 7. The summed E-state index contributed by atoms with van der Waals surface area (Å²) >= 11 is 0. The number of nitrogens with zero attached hydrogens (tertiary/aromatic N) is 1. The van der Waals surface area contributed by atoms with Gasteiger partial charge in [0.2, 0.25) is 11.8 Å². The molecule has 0 saturated carbocycles. The maximum atomic E-state index is 13.2. The number of hydrogen-bond donors (Lipinski definition) is 1. The summed E-state index contributed by atoms with van der Waals surface area (Å²) in [6.45, 7) is 6.22. The summed E-state index contributed by atoms with van der Waals surface area (Å²) < 4.78 is 13.2. The Bertz CT molecular complexity index is 729. The van der Waals surface area contributed by atoms with Gasteiger partial charge in [-0.05, 0) is 29.2 Å². The fourth-order valence-electron chi connectivity index (χ4n) is 2.68. The predicted molar refractivity (Wildman–Crippen MR) is 99.7 cm³/mol. The minimum absolute atomic E-state index is 0.220. The Hall–Kier alpha value is -2.69. The molecule has 0 aliphatic heterocycles. The van der Waals surface area contributed by atoms with Crippen LogP contribution in [0.4, 0.5) is 4.39 Å². The molecule has 0 unspecified atom stereocenters. The first-order chi connectivity index (χ1) is 12.4. The van der Waals surface area contributed by atoms with Crippen molar-refractivity contribution in [3.63, 3.8) is 0 Å². The van der Waals surface area contributed by atoms with E-state index >= 15 is 0 Å². The van der Waals surface area contributed by atoms with E-state index in [2.05, 4.69) is 5.32 Å². The van der Waals surface area contributed by atoms with E-state index in [9.17, 15) is 14.0 Å². The Morgan fingerprint density at radius 1 is 1.04 bits per heavy atom. The summed E-state index contributed by atoms with van der Waals surface area (Å²) in [6, 6.07) is 14.4. The molecule has 2 aromatic carbocycles. The topological polar surface area (TPSA) is 49.4 Å². The minimum Gasteiger partial charge on any atom is -0.354 e. The summed E-state index contributed by atoms with van der Waals surface area (Å²) in [4.78, 5) is 26.7. The van der Waals surface area contributed by atoms with Crippen LogP contribution in [0.25, 0.3) is 0 Å². The maximum absolute atomic E-state index is 13.2. The minimum atomic E-state index is -0.738.